The molecule has 192 valence electrons. The highest BCUT2D eigenvalue weighted by Crippen LogP contribution is 2.38. The average molecular weight is 528 g/mol. The van der Waals surface area contributed by atoms with E-state index in [2.05, 4.69) is 28.3 Å². The van der Waals surface area contributed by atoms with Gasteiger partial charge in [0.1, 0.15) is 24.2 Å². The van der Waals surface area contributed by atoms with Crippen molar-refractivity contribution in [2.24, 2.45) is 0 Å². The number of nitriles is 1. The molecule has 8 nitrogen and oxygen atoms in total. The van der Waals surface area contributed by atoms with Gasteiger partial charge in [0.25, 0.3) is 0 Å². The van der Waals surface area contributed by atoms with Crippen molar-refractivity contribution in [2.45, 2.75) is 26.9 Å². The SMILES string of the molecule is C=CC(=O)Nc1cc2c(Nc3ccc(OCc4ccccn4)c(Cl)c3)c(C#N)c(CC)nc2cc1OCC. The summed E-state index contributed by atoms with van der Waals surface area (Å²) >= 11 is 6.53. The summed E-state index contributed by atoms with van der Waals surface area (Å²) in [6.45, 7) is 7.99. The Balaban J connectivity index is 1.75. The van der Waals surface area contributed by atoms with Crippen LogP contribution in [0.5, 0.6) is 11.5 Å². The van der Waals surface area contributed by atoms with Crippen LogP contribution in [0.1, 0.15) is 30.8 Å². The molecule has 0 fully saturated rings. The maximum Gasteiger partial charge on any atom is 0.247 e. The number of nitrogens with zero attached hydrogens (tertiary/aromatic N) is 3. The number of halogens is 1. The summed E-state index contributed by atoms with van der Waals surface area (Å²) in [4.78, 5) is 21.0. The number of hydrogen-bond acceptors (Lipinski definition) is 7. The molecule has 0 aliphatic heterocycles. The number of hydrogen-bond donors (Lipinski definition) is 2. The van der Waals surface area contributed by atoms with Gasteiger partial charge in [-0.3, -0.25) is 14.8 Å². The van der Waals surface area contributed by atoms with Crippen molar-refractivity contribution in [1.82, 2.24) is 9.97 Å². The molecule has 4 aromatic rings. The number of nitrogens with one attached hydrogen (secondary N) is 2. The van der Waals surface area contributed by atoms with Crippen LogP contribution in [0.3, 0.4) is 0 Å². The van der Waals surface area contributed by atoms with Crippen LogP contribution < -0.4 is 20.1 Å². The van der Waals surface area contributed by atoms with Crippen LogP contribution in [0, 0.1) is 11.3 Å². The highest BCUT2D eigenvalue weighted by molar-refractivity contribution is 6.32. The lowest BCUT2D eigenvalue weighted by molar-refractivity contribution is -0.111. The molecule has 0 saturated heterocycles. The van der Waals surface area contributed by atoms with Gasteiger partial charge in [-0.2, -0.15) is 5.26 Å². The zero-order chi connectivity index (χ0) is 27.1. The lowest BCUT2D eigenvalue weighted by atomic mass is 10.0. The van der Waals surface area contributed by atoms with Gasteiger partial charge in [-0.05, 0) is 55.8 Å². The van der Waals surface area contributed by atoms with Gasteiger partial charge in [0.2, 0.25) is 5.91 Å². The Morgan fingerprint density at radius 1 is 1.16 bits per heavy atom. The van der Waals surface area contributed by atoms with Crippen LogP contribution in [-0.4, -0.2) is 22.5 Å². The Hall–Kier alpha value is -4.61. The van der Waals surface area contributed by atoms with Crippen molar-refractivity contribution >= 4 is 45.5 Å². The first-order chi connectivity index (χ1) is 18.5. The van der Waals surface area contributed by atoms with Gasteiger partial charge in [-0.1, -0.05) is 31.2 Å². The number of anilines is 3. The molecule has 0 radical (unpaired) electrons. The van der Waals surface area contributed by atoms with E-state index in [0.29, 0.717) is 68.8 Å². The van der Waals surface area contributed by atoms with Crippen molar-refractivity contribution in [3.63, 3.8) is 0 Å². The molecule has 2 aromatic heterocycles. The van der Waals surface area contributed by atoms with E-state index in [0.717, 1.165) is 5.69 Å². The summed E-state index contributed by atoms with van der Waals surface area (Å²) in [5.74, 6) is 0.595. The van der Waals surface area contributed by atoms with E-state index >= 15 is 0 Å². The highest BCUT2D eigenvalue weighted by Gasteiger charge is 2.18. The molecular weight excluding hydrogens is 502 g/mol. The number of fused-ring (bicyclic) bond motifs is 1. The van der Waals surface area contributed by atoms with Gasteiger partial charge in [-0.25, -0.2) is 0 Å². The van der Waals surface area contributed by atoms with E-state index in [1.807, 2.05) is 38.1 Å². The second-order valence-corrected chi connectivity index (χ2v) is 8.55. The van der Waals surface area contributed by atoms with E-state index in [-0.39, 0.29) is 12.5 Å². The van der Waals surface area contributed by atoms with E-state index < -0.39 is 0 Å². The predicted octanol–water partition coefficient (Wildman–Crippen LogP) is 6.56. The Bertz CT molecular complexity index is 1530. The Kier molecular flexibility index (Phi) is 8.41. The van der Waals surface area contributed by atoms with Gasteiger partial charge < -0.3 is 20.1 Å². The molecule has 38 heavy (non-hydrogen) atoms. The molecule has 1 amide bonds. The van der Waals surface area contributed by atoms with E-state index in [1.165, 1.54) is 6.08 Å². The maximum absolute atomic E-state index is 12.1. The van der Waals surface area contributed by atoms with Gasteiger partial charge in [0, 0.05) is 23.3 Å². The second kappa shape index (κ2) is 12.1. The third-order valence-corrected chi connectivity index (χ3v) is 5.95. The number of ether oxygens (including phenoxy) is 2. The largest absolute Gasteiger partial charge is 0.492 e. The molecule has 0 spiro atoms. The smallest absolute Gasteiger partial charge is 0.247 e. The molecule has 9 heteroatoms. The van der Waals surface area contributed by atoms with Gasteiger partial charge >= 0.3 is 0 Å². The molecular formula is C29H26ClN5O3. The fourth-order valence-electron chi connectivity index (χ4n) is 3.88. The minimum atomic E-state index is -0.383. The van der Waals surface area contributed by atoms with Crippen molar-refractivity contribution in [2.75, 3.05) is 17.2 Å². The standard InChI is InChI=1S/C29H26ClN5O3/c1-4-23-21(16-31)29(20-14-25(35-28(36)5-2)27(37-6-3)15-24(20)34-23)33-18-10-11-26(22(30)13-18)38-17-19-9-7-8-12-32-19/h5,7-15H,2,4,6,17H2,1,3H3,(H,33,34)(H,35,36). The van der Waals surface area contributed by atoms with E-state index in [4.69, 9.17) is 26.1 Å². The van der Waals surface area contributed by atoms with Crippen molar-refractivity contribution in [3.05, 3.63) is 89.4 Å². The summed E-state index contributed by atoms with van der Waals surface area (Å²) in [5, 5.41) is 17.2. The fraction of sp³-hybridized carbons (Fsp3) is 0.172. The summed E-state index contributed by atoms with van der Waals surface area (Å²) < 4.78 is 11.6. The van der Waals surface area contributed by atoms with Gasteiger partial charge in [-0.15, -0.1) is 0 Å². The lowest BCUT2D eigenvalue weighted by Gasteiger charge is -2.18. The highest BCUT2D eigenvalue weighted by atomic mass is 35.5. The number of benzene rings is 2. The number of aromatic nitrogens is 2. The topological polar surface area (TPSA) is 109 Å². The van der Waals surface area contributed by atoms with Crippen LogP contribution in [0.25, 0.3) is 10.9 Å². The molecule has 0 atom stereocenters. The van der Waals surface area contributed by atoms with Crippen LogP contribution in [0.15, 0.2) is 67.4 Å². The number of rotatable bonds is 10. The quantitative estimate of drug-likeness (QED) is 0.225. The monoisotopic (exact) mass is 527 g/mol. The first kappa shape index (κ1) is 26.5. The average Bonchev–Trinajstić information content (AvgIpc) is 2.93. The van der Waals surface area contributed by atoms with E-state index in [1.54, 1.807) is 30.5 Å². The molecule has 0 saturated carbocycles. The van der Waals surface area contributed by atoms with Crippen molar-refractivity contribution in [1.29, 1.82) is 5.26 Å². The Morgan fingerprint density at radius 2 is 2.00 bits per heavy atom. The third kappa shape index (κ3) is 5.85. The van der Waals surface area contributed by atoms with Gasteiger partial charge in [0.05, 0.1) is 45.5 Å². The fourth-order valence-corrected chi connectivity index (χ4v) is 4.11. The van der Waals surface area contributed by atoms with Crippen molar-refractivity contribution < 1.29 is 14.3 Å². The maximum atomic E-state index is 12.1. The van der Waals surface area contributed by atoms with Crippen LogP contribution in [0.4, 0.5) is 17.1 Å². The van der Waals surface area contributed by atoms with Crippen LogP contribution >= 0.6 is 11.6 Å². The Labute approximate surface area is 225 Å². The molecule has 0 aliphatic rings. The molecule has 2 heterocycles. The number of amides is 1. The minimum Gasteiger partial charge on any atom is -0.492 e. The summed E-state index contributed by atoms with van der Waals surface area (Å²) in [5.41, 5.74) is 4.07. The predicted molar refractivity (Wildman–Crippen MR) is 149 cm³/mol. The first-order valence-electron chi connectivity index (χ1n) is 12.0. The summed E-state index contributed by atoms with van der Waals surface area (Å²) in [7, 11) is 0. The molecule has 4 rings (SSSR count). The normalized spacial score (nSPS) is 10.5. The third-order valence-electron chi connectivity index (χ3n) is 5.65. The first-order valence-corrected chi connectivity index (χ1v) is 12.4. The number of pyridine rings is 2. The number of aryl methyl sites for hydroxylation is 1. The molecule has 0 aliphatic carbocycles. The Morgan fingerprint density at radius 3 is 2.66 bits per heavy atom. The second-order valence-electron chi connectivity index (χ2n) is 8.15. The summed E-state index contributed by atoms with van der Waals surface area (Å²) in [6.07, 6.45) is 3.43. The molecule has 2 aromatic carbocycles. The molecule has 0 bridgehead atoms. The summed E-state index contributed by atoms with van der Waals surface area (Å²) in [6, 6.07) is 16.7. The number of carbonyl (C=O) groups is 1. The number of carbonyl (C=O) groups excluding carboxylic acids is 1. The zero-order valence-electron chi connectivity index (χ0n) is 21.0. The molecule has 0 unspecified atom stereocenters. The van der Waals surface area contributed by atoms with Crippen LogP contribution in [-0.2, 0) is 17.8 Å². The van der Waals surface area contributed by atoms with E-state index in [9.17, 15) is 10.1 Å². The zero-order valence-corrected chi connectivity index (χ0v) is 21.8. The van der Waals surface area contributed by atoms with Crippen LogP contribution in [0.2, 0.25) is 5.02 Å². The van der Waals surface area contributed by atoms with Gasteiger partial charge in [0.15, 0.2) is 0 Å². The van der Waals surface area contributed by atoms with Crippen molar-refractivity contribution in [3.8, 4) is 17.6 Å². The minimum absolute atomic E-state index is 0.280. The molecule has 2 N–H and O–H groups in total. The lowest BCUT2D eigenvalue weighted by Crippen LogP contribution is -2.10.